The van der Waals surface area contributed by atoms with Gasteiger partial charge in [0.05, 0.1) is 29.2 Å². The second-order valence-corrected chi connectivity index (χ2v) is 9.33. The van der Waals surface area contributed by atoms with E-state index in [1.165, 1.54) is 0 Å². The third-order valence-electron chi connectivity index (χ3n) is 7.04. The Morgan fingerprint density at radius 2 is 1.84 bits per heavy atom. The van der Waals surface area contributed by atoms with Crippen molar-refractivity contribution in [2.24, 2.45) is 5.92 Å². The van der Waals surface area contributed by atoms with Crippen molar-refractivity contribution in [2.45, 2.75) is 45.6 Å². The first-order valence-electron chi connectivity index (χ1n) is 12.5. The number of alkyl halides is 2. The Morgan fingerprint density at radius 3 is 2.50 bits per heavy atom. The number of carboxylic acid groups (broad SMARTS) is 1. The molecule has 1 fully saturated rings. The van der Waals surface area contributed by atoms with Gasteiger partial charge in [0.25, 0.3) is 0 Å². The number of fused-ring (bicyclic) bond motifs is 1. The molecule has 198 valence electrons. The van der Waals surface area contributed by atoms with Gasteiger partial charge >= 0.3 is 12.6 Å². The molecule has 0 saturated carbocycles. The van der Waals surface area contributed by atoms with Gasteiger partial charge in [-0.1, -0.05) is 25.1 Å². The number of imidazole rings is 1. The molecule has 1 aromatic carbocycles. The molecule has 1 aliphatic heterocycles. The van der Waals surface area contributed by atoms with E-state index in [1.807, 2.05) is 35.4 Å². The van der Waals surface area contributed by atoms with Crippen LogP contribution in [0.2, 0.25) is 0 Å². The maximum Gasteiger partial charge on any atom is 0.387 e. The molecule has 1 aliphatic rings. The number of rotatable bonds is 8. The van der Waals surface area contributed by atoms with Crippen LogP contribution >= 0.6 is 0 Å². The lowest BCUT2D eigenvalue weighted by atomic mass is 9.91. The number of aliphatic carboxylic acids is 1. The van der Waals surface area contributed by atoms with Gasteiger partial charge in [-0.3, -0.25) is 14.2 Å². The summed E-state index contributed by atoms with van der Waals surface area (Å²) >= 11 is 0. The quantitative estimate of drug-likeness (QED) is 0.347. The van der Waals surface area contributed by atoms with E-state index in [0.29, 0.717) is 60.8 Å². The highest BCUT2D eigenvalue weighted by atomic mass is 19.3. The number of carboxylic acids is 1. The van der Waals surface area contributed by atoms with Crippen LogP contribution in [0, 0.1) is 12.8 Å². The molecule has 38 heavy (non-hydrogen) atoms. The van der Waals surface area contributed by atoms with E-state index in [1.54, 1.807) is 36.8 Å². The van der Waals surface area contributed by atoms with Crippen molar-refractivity contribution in [3.8, 4) is 17.0 Å². The van der Waals surface area contributed by atoms with Crippen LogP contribution in [-0.4, -0.2) is 55.1 Å². The molecule has 0 aliphatic carbocycles. The summed E-state index contributed by atoms with van der Waals surface area (Å²) in [6.45, 7) is 2.16. The van der Waals surface area contributed by atoms with Crippen LogP contribution in [0.5, 0.6) is 5.75 Å². The summed E-state index contributed by atoms with van der Waals surface area (Å²) in [4.78, 5) is 31.4. The average Bonchev–Trinajstić information content (AvgIpc) is 3.25. The summed E-state index contributed by atoms with van der Waals surface area (Å²) < 4.78 is 33.0. The van der Waals surface area contributed by atoms with Crippen molar-refractivity contribution in [3.63, 3.8) is 0 Å². The molecule has 0 amide bonds. The first-order chi connectivity index (χ1) is 18.4. The van der Waals surface area contributed by atoms with E-state index in [4.69, 9.17) is 4.74 Å². The number of hydrogen-bond acceptors (Lipinski definition) is 7. The minimum atomic E-state index is -2.92. The predicted octanol–water partition coefficient (Wildman–Crippen LogP) is 4.94. The van der Waals surface area contributed by atoms with Gasteiger partial charge in [-0.05, 0) is 32.3 Å². The van der Waals surface area contributed by atoms with Crippen LogP contribution in [-0.2, 0) is 4.79 Å². The van der Waals surface area contributed by atoms with Crippen molar-refractivity contribution in [3.05, 3.63) is 66.0 Å². The highest BCUT2D eigenvalue weighted by molar-refractivity contribution is 5.70. The van der Waals surface area contributed by atoms with E-state index in [9.17, 15) is 18.7 Å². The van der Waals surface area contributed by atoms with Crippen LogP contribution in [0.25, 0.3) is 16.9 Å². The Balaban J connectivity index is 1.46. The Hall–Kier alpha value is -4.15. The van der Waals surface area contributed by atoms with Gasteiger partial charge in [0.1, 0.15) is 5.75 Å². The average molecular weight is 523 g/mol. The maximum absolute atomic E-state index is 13.1. The first-order valence-corrected chi connectivity index (χ1v) is 12.5. The summed E-state index contributed by atoms with van der Waals surface area (Å²) in [7, 11) is 0. The number of nitrogens with zero attached hydrogens (tertiary/aromatic N) is 6. The fourth-order valence-electron chi connectivity index (χ4n) is 5.13. The second kappa shape index (κ2) is 10.7. The topological polar surface area (TPSA) is 106 Å². The van der Waals surface area contributed by atoms with E-state index in [-0.39, 0.29) is 17.6 Å². The molecule has 0 spiro atoms. The summed E-state index contributed by atoms with van der Waals surface area (Å²) in [6, 6.07) is 6.84. The number of aromatic nitrogens is 5. The maximum atomic E-state index is 13.1. The third-order valence-corrected chi connectivity index (χ3v) is 7.04. The van der Waals surface area contributed by atoms with Crippen molar-refractivity contribution in [1.82, 2.24) is 24.3 Å². The van der Waals surface area contributed by atoms with Gasteiger partial charge in [-0.15, -0.1) is 0 Å². The molecule has 4 heterocycles. The van der Waals surface area contributed by atoms with Crippen LogP contribution in [0.1, 0.15) is 49.1 Å². The van der Waals surface area contributed by atoms with E-state index in [2.05, 4.69) is 19.9 Å². The zero-order valence-corrected chi connectivity index (χ0v) is 21.1. The smallest absolute Gasteiger partial charge is 0.387 e. The van der Waals surface area contributed by atoms with Gasteiger partial charge in [0, 0.05) is 48.7 Å². The monoisotopic (exact) mass is 522 g/mol. The van der Waals surface area contributed by atoms with E-state index in [0.717, 1.165) is 11.4 Å². The number of piperidine rings is 1. The molecule has 4 aromatic rings. The Morgan fingerprint density at radius 1 is 1.13 bits per heavy atom. The standard InChI is InChI=1S/C27H28F2N6O3/c1-3-19(20-6-4-5-7-22(20)38-26(28)29)24-16(2)33-23-14-30-21(15-35(23)24)18-12-31-27(32-13-18)34-10-8-17(9-11-34)25(36)37/h4-7,12-15,17,19,26H,3,8-11H2,1-2H3,(H,36,37). The Kier molecular flexibility index (Phi) is 7.17. The SMILES string of the molecule is CCC(c1ccccc1OC(F)F)c1c(C)nc2cnc(-c3cnc(N4CCC(C(=O)O)CC4)nc3)cn12. The van der Waals surface area contributed by atoms with Gasteiger partial charge in [0.2, 0.25) is 5.95 Å². The van der Waals surface area contributed by atoms with Gasteiger partial charge in [0.15, 0.2) is 5.65 Å². The molecule has 11 heteroatoms. The number of halogens is 2. The van der Waals surface area contributed by atoms with Crippen LogP contribution in [0.15, 0.2) is 49.1 Å². The molecule has 0 bridgehead atoms. The number of carbonyl (C=O) groups is 1. The molecule has 3 aromatic heterocycles. The number of benzene rings is 1. The molecule has 1 saturated heterocycles. The minimum absolute atomic E-state index is 0.148. The molecule has 0 radical (unpaired) electrons. The van der Waals surface area contributed by atoms with Gasteiger partial charge in [-0.25, -0.2) is 15.0 Å². The lowest BCUT2D eigenvalue weighted by molar-refractivity contribution is -0.142. The normalized spacial score (nSPS) is 15.2. The lowest BCUT2D eigenvalue weighted by Gasteiger charge is -2.29. The zero-order chi connectivity index (χ0) is 26.8. The van der Waals surface area contributed by atoms with Crippen LogP contribution < -0.4 is 9.64 Å². The zero-order valence-electron chi connectivity index (χ0n) is 21.1. The van der Waals surface area contributed by atoms with Gasteiger partial charge in [-0.2, -0.15) is 8.78 Å². The number of hydrogen-bond donors (Lipinski definition) is 1. The molecule has 1 atom stereocenters. The fourth-order valence-corrected chi connectivity index (χ4v) is 5.13. The number of anilines is 1. The van der Waals surface area contributed by atoms with Crippen LogP contribution in [0.3, 0.4) is 0 Å². The molecule has 1 unspecified atom stereocenters. The number of para-hydroxylation sites is 1. The predicted molar refractivity (Wildman–Crippen MR) is 137 cm³/mol. The fraction of sp³-hybridized carbons (Fsp3) is 0.370. The third kappa shape index (κ3) is 5.00. The number of ether oxygens (including phenoxy) is 1. The van der Waals surface area contributed by atoms with Crippen molar-refractivity contribution in [1.29, 1.82) is 0 Å². The highest BCUT2D eigenvalue weighted by Crippen LogP contribution is 2.37. The first kappa shape index (κ1) is 25.5. The molecule has 9 nitrogen and oxygen atoms in total. The lowest BCUT2D eigenvalue weighted by Crippen LogP contribution is -2.37. The summed E-state index contributed by atoms with van der Waals surface area (Å²) in [5.74, 6) is -0.613. The largest absolute Gasteiger partial charge is 0.481 e. The highest BCUT2D eigenvalue weighted by Gasteiger charge is 2.26. The molecular formula is C27H28F2N6O3. The van der Waals surface area contributed by atoms with Crippen molar-refractivity contribution in [2.75, 3.05) is 18.0 Å². The van der Waals surface area contributed by atoms with E-state index < -0.39 is 12.6 Å². The van der Waals surface area contributed by atoms with E-state index >= 15 is 0 Å². The van der Waals surface area contributed by atoms with Crippen molar-refractivity contribution >= 4 is 17.6 Å². The number of aryl methyl sites for hydroxylation is 1. The molecule has 5 rings (SSSR count). The van der Waals surface area contributed by atoms with Crippen LogP contribution in [0.4, 0.5) is 14.7 Å². The van der Waals surface area contributed by atoms with Gasteiger partial charge < -0.3 is 14.7 Å². The van der Waals surface area contributed by atoms with Crippen molar-refractivity contribution < 1.29 is 23.4 Å². The summed E-state index contributed by atoms with van der Waals surface area (Å²) in [6.07, 6.45) is 8.70. The Bertz CT molecular complexity index is 1430. The molecule has 1 N–H and O–H groups in total. The molecular weight excluding hydrogens is 494 g/mol. The summed E-state index contributed by atoms with van der Waals surface area (Å²) in [5.41, 5.74) is 4.31. The summed E-state index contributed by atoms with van der Waals surface area (Å²) in [5, 5.41) is 9.22. The minimum Gasteiger partial charge on any atom is -0.481 e. The second-order valence-electron chi connectivity index (χ2n) is 9.33. The Labute approximate surface area is 218 Å².